The lowest BCUT2D eigenvalue weighted by atomic mass is 10.2. The van der Waals surface area contributed by atoms with E-state index < -0.39 is 16.4 Å². The van der Waals surface area contributed by atoms with E-state index in [9.17, 15) is 14.5 Å². The summed E-state index contributed by atoms with van der Waals surface area (Å²) in [6, 6.07) is 4.46. The third kappa shape index (κ3) is 2.36. The van der Waals surface area contributed by atoms with Gasteiger partial charge in [0, 0.05) is 24.1 Å². The highest BCUT2D eigenvalue weighted by molar-refractivity contribution is 7.99. The lowest BCUT2D eigenvalue weighted by Crippen LogP contribution is -2.40. The fraction of sp³-hybridized carbons (Fsp3) is 0.455. The van der Waals surface area contributed by atoms with E-state index in [1.54, 1.807) is 6.07 Å². The number of nitro groups is 1. The molecule has 0 bridgehead atoms. The minimum absolute atomic E-state index is 0.189. The first-order chi connectivity index (χ1) is 8.11. The van der Waals surface area contributed by atoms with E-state index in [-0.39, 0.29) is 6.04 Å². The lowest BCUT2D eigenvalue weighted by molar-refractivity contribution is -0.386. The minimum atomic E-state index is -0.766. The third-order valence-electron chi connectivity index (χ3n) is 2.83. The van der Waals surface area contributed by atoms with Crippen molar-refractivity contribution in [1.29, 1.82) is 0 Å². The van der Waals surface area contributed by atoms with E-state index in [1.165, 1.54) is 6.07 Å². The van der Waals surface area contributed by atoms with Gasteiger partial charge in [-0.2, -0.15) is 16.2 Å². The maximum atomic E-state index is 13.5. The molecule has 1 fully saturated rings. The topological polar surface area (TPSA) is 46.4 Å². The third-order valence-corrected chi connectivity index (χ3v) is 4.01. The second kappa shape index (κ2) is 4.91. The van der Waals surface area contributed by atoms with E-state index in [1.807, 2.05) is 23.6 Å². The number of anilines is 1. The number of benzene rings is 1. The molecule has 1 atom stereocenters. The van der Waals surface area contributed by atoms with Crippen molar-refractivity contribution in [2.45, 2.75) is 13.0 Å². The average molecular weight is 256 g/mol. The van der Waals surface area contributed by atoms with Crippen LogP contribution in [0.15, 0.2) is 18.2 Å². The molecule has 92 valence electrons. The molecule has 1 unspecified atom stereocenters. The van der Waals surface area contributed by atoms with Crippen LogP contribution in [0.3, 0.4) is 0 Å². The molecule has 1 aromatic carbocycles. The Balaban J connectivity index is 2.43. The van der Waals surface area contributed by atoms with Crippen LogP contribution >= 0.6 is 11.8 Å². The number of hydrogen-bond acceptors (Lipinski definition) is 4. The van der Waals surface area contributed by atoms with Crippen LogP contribution in [0.2, 0.25) is 0 Å². The van der Waals surface area contributed by atoms with E-state index in [0.717, 1.165) is 24.1 Å². The fourth-order valence-electron chi connectivity index (χ4n) is 2.00. The van der Waals surface area contributed by atoms with E-state index in [0.29, 0.717) is 5.69 Å². The maximum Gasteiger partial charge on any atom is 0.327 e. The first-order valence-corrected chi connectivity index (χ1v) is 6.54. The molecule has 0 saturated carbocycles. The number of hydrogen-bond donors (Lipinski definition) is 0. The first kappa shape index (κ1) is 12.2. The molecule has 0 spiro atoms. The van der Waals surface area contributed by atoms with Gasteiger partial charge in [0.25, 0.3) is 0 Å². The van der Waals surface area contributed by atoms with Gasteiger partial charge in [-0.1, -0.05) is 6.07 Å². The van der Waals surface area contributed by atoms with Gasteiger partial charge < -0.3 is 4.90 Å². The quantitative estimate of drug-likeness (QED) is 0.603. The van der Waals surface area contributed by atoms with Crippen molar-refractivity contribution < 1.29 is 9.31 Å². The molecular weight excluding hydrogens is 243 g/mol. The molecule has 0 aromatic heterocycles. The molecule has 1 heterocycles. The molecule has 4 nitrogen and oxygen atoms in total. The second-order valence-electron chi connectivity index (χ2n) is 3.98. The number of thioether (sulfide) groups is 1. The molecule has 1 aromatic rings. The maximum absolute atomic E-state index is 13.5. The van der Waals surface area contributed by atoms with Crippen molar-refractivity contribution in [1.82, 2.24) is 0 Å². The molecule has 0 amide bonds. The number of nitro benzene ring substituents is 1. The van der Waals surface area contributed by atoms with Crippen molar-refractivity contribution >= 4 is 23.1 Å². The van der Waals surface area contributed by atoms with Crippen LogP contribution in [0.1, 0.15) is 6.92 Å². The van der Waals surface area contributed by atoms with E-state index in [4.69, 9.17) is 0 Å². The normalized spacial score (nSPS) is 20.4. The van der Waals surface area contributed by atoms with Gasteiger partial charge >= 0.3 is 5.69 Å². The summed E-state index contributed by atoms with van der Waals surface area (Å²) in [5.74, 6) is 1.06. The molecule has 1 saturated heterocycles. The van der Waals surface area contributed by atoms with Crippen molar-refractivity contribution in [2.24, 2.45) is 0 Å². The minimum Gasteiger partial charge on any atom is -0.362 e. The van der Waals surface area contributed by atoms with Crippen LogP contribution in [0, 0.1) is 15.9 Å². The summed E-state index contributed by atoms with van der Waals surface area (Å²) >= 11 is 1.81. The van der Waals surface area contributed by atoms with Crippen molar-refractivity contribution in [3.05, 3.63) is 34.1 Å². The number of rotatable bonds is 2. The Morgan fingerprint density at radius 3 is 3.00 bits per heavy atom. The summed E-state index contributed by atoms with van der Waals surface area (Å²) in [6.45, 7) is 2.72. The highest BCUT2D eigenvalue weighted by Gasteiger charge is 2.28. The van der Waals surface area contributed by atoms with Gasteiger partial charge in [-0.15, -0.1) is 0 Å². The Kier molecular flexibility index (Phi) is 3.51. The van der Waals surface area contributed by atoms with Gasteiger partial charge in [0.05, 0.1) is 4.92 Å². The lowest BCUT2D eigenvalue weighted by Gasteiger charge is -2.34. The van der Waals surface area contributed by atoms with Crippen LogP contribution in [0.5, 0.6) is 0 Å². The first-order valence-electron chi connectivity index (χ1n) is 5.38. The van der Waals surface area contributed by atoms with Crippen LogP contribution in [0.25, 0.3) is 0 Å². The second-order valence-corrected chi connectivity index (χ2v) is 5.13. The summed E-state index contributed by atoms with van der Waals surface area (Å²) in [6.07, 6.45) is 0. The molecule has 17 heavy (non-hydrogen) atoms. The van der Waals surface area contributed by atoms with Crippen LogP contribution < -0.4 is 4.90 Å². The molecule has 6 heteroatoms. The average Bonchev–Trinajstić information content (AvgIpc) is 2.28. The molecular formula is C11H13FN2O2S. The Morgan fingerprint density at radius 2 is 2.35 bits per heavy atom. The smallest absolute Gasteiger partial charge is 0.327 e. The van der Waals surface area contributed by atoms with Gasteiger partial charge in [0.1, 0.15) is 5.69 Å². The highest BCUT2D eigenvalue weighted by Crippen LogP contribution is 2.33. The van der Waals surface area contributed by atoms with Gasteiger partial charge in [0.2, 0.25) is 5.82 Å². The van der Waals surface area contributed by atoms with Crippen molar-refractivity contribution in [3.8, 4) is 0 Å². The molecule has 0 N–H and O–H groups in total. The Bertz CT molecular complexity index is 441. The summed E-state index contributed by atoms with van der Waals surface area (Å²) in [5, 5.41) is 10.9. The van der Waals surface area contributed by atoms with Crippen molar-refractivity contribution in [2.75, 3.05) is 23.0 Å². The molecule has 1 aliphatic rings. The zero-order valence-electron chi connectivity index (χ0n) is 9.43. The standard InChI is InChI=1S/C11H13FN2O2S/c1-8-7-17-6-5-13(8)10-4-2-3-9(12)11(10)14(15)16/h2-4,8H,5-7H2,1H3. The summed E-state index contributed by atoms with van der Waals surface area (Å²) in [7, 11) is 0. The monoisotopic (exact) mass is 256 g/mol. The van der Waals surface area contributed by atoms with Crippen LogP contribution in [0.4, 0.5) is 15.8 Å². The van der Waals surface area contributed by atoms with Gasteiger partial charge in [0.15, 0.2) is 0 Å². The summed E-state index contributed by atoms with van der Waals surface area (Å²) in [5.41, 5.74) is -0.0194. The summed E-state index contributed by atoms with van der Waals surface area (Å²) in [4.78, 5) is 12.2. The highest BCUT2D eigenvalue weighted by atomic mass is 32.2. The summed E-state index contributed by atoms with van der Waals surface area (Å²) < 4.78 is 13.5. The number of para-hydroxylation sites is 1. The Morgan fingerprint density at radius 1 is 1.59 bits per heavy atom. The predicted molar refractivity (Wildman–Crippen MR) is 67.2 cm³/mol. The Labute approximate surface area is 103 Å². The van der Waals surface area contributed by atoms with E-state index in [2.05, 4.69) is 0 Å². The number of halogens is 1. The van der Waals surface area contributed by atoms with Crippen LogP contribution in [-0.2, 0) is 0 Å². The van der Waals surface area contributed by atoms with Gasteiger partial charge in [-0.3, -0.25) is 10.1 Å². The Hall–Kier alpha value is -1.30. The van der Waals surface area contributed by atoms with Crippen molar-refractivity contribution in [3.63, 3.8) is 0 Å². The van der Waals surface area contributed by atoms with Gasteiger partial charge in [-0.25, -0.2) is 0 Å². The zero-order valence-corrected chi connectivity index (χ0v) is 10.2. The molecule has 0 radical (unpaired) electrons. The largest absolute Gasteiger partial charge is 0.362 e. The predicted octanol–water partition coefficient (Wildman–Crippen LogP) is 2.68. The van der Waals surface area contributed by atoms with Crippen LogP contribution in [-0.4, -0.2) is 29.0 Å². The zero-order chi connectivity index (χ0) is 12.4. The molecule has 2 rings (SSSR count). The molecule has 0 aliphatic carbocycles. The fourth-order valence-corrected chi connectivity index (χ4v) is 3.02. The van der Waals surface area contributed by atoms with E-state index >= 15 is 0 Å². The van der Waals surface area contributed by atoms with Gasteiger partial charge in [-0.05, 0) is 19.1 Å². The SMILES string of the molecule is CC1CSCCN1c1cccc(F)c1[N+](=O)[O-]. The molecule has 1 aliphatic heterocycles. The number of nitrogens with zero attached hydrogens (tertiary/aromatic N) is 2.